The van der Waals surface area contributed by atoms with Crippen molar-refractivity contribution < 1.29 is 14.3 Å². The van der Waals surface area contributed by atoms with Gasteiger partial charge in [-0.05, 0) is 47.0 Å². The van der Waals surface area contributed by atoms with Gasteiger partial charge >= 0.3 is 0 Å². The summed E-state index contributed by atoms with van der Waals surface area (Å²) in [7, 11) is 0. The van der Waals surface area contributed by atoms with Gasteiger partial charge < -0.3 is 10.4 Å². The average molecular weight is 304 g/mol. The number of amides is 1. The first-order valence-electron chi connectivity index (χ1n) is 5.32. The maximum atomic E-state index is 13.0. The fourth-order valence-electron chi connectivity index (χ4n) is 1.23. The summed E-state index contributed by atoms with van der Waals surface area (Å²) in [5, 5.41) is 11.7. The second-order valence-electron chi connectivity index (χ2n) is 4.05. The van der Waals surface area contributed by atoms with E-state index >= 15 is 0 Å². The lowest BCUT2D eigenvalue weighted by Crippen LogP contribution is -2.38. The van der Waals surface area contributed by atoms with Crippen LogP contribution in [0.2, 0.25) is 0 Å². The molecule has 1 amide bonds. The third-order valence-corrected chi connectivity index (χ3v) is 3.29. The molecule has 1 rings (SSSR count). The van der Waals surface area contributed by atoms with Crippen LogP contribution in [-0.2, 0) is 0 Å². The van der Waals surface area contributed by atoms with E-state index < -0.39 is 5.82 Å². The van der Waals surface area contributed by atoms with Gasteiger partial charge in [0.25, 0.3) is 5.91 Å². The molecule has 1 aromatic rings. The molecule has 0 radical (unpaired) electrons. The maximum absolute atomic E-state index is 13.0. The van der Waals surface area contributed by atoms with Crippen molar-refractivity contribution in [1.29, 1.82) is 0 Å². The highest BCUT2D eigenvalue weighted by Crippen LogP contribution is 2.17. The minimum atomic E-state index is -0.404. The number of aliphatic hydroxyl groups excluding tert-OH is 1. The molecule has 0 saturated heterocycles. The normalized spacial score (nSPS) is 14.2. The number of nitrogens with one attached hydrogen (secondary N) is 1. The summed E-state index contributed by atoms with van der Waals surface area (Å²) in [5.74, 6) is -0.709. The van der Waals surface area contributed by atoms with Gasteiger partial charge in [0.15, 0.2) is 0 Å². The van der Waals surface area contributed by atoms with Crippen LogP contribution >= 0.6 is 15.9 Å². The zero-order valence-electron chi connectivity index (χ0n) is 9.71. The van der Waals surface area contributed by atoms with Gasteiger partial charge in [0.2, 0.25) is 0 Å². The van der Waals surface area contributed by atoms with E-state index in [0.29, 0.717) is 5.56 Å². The Morgan fingerprint density at radius 1 is 1.53 bits per heavy atom. The highest BCUT2D eigenvalue weighted by Gasteiger charge is 2.15. The predicted octanol–water partition coefficient (Wildman–Crippen LogP) is 2.33. The maximum Gasteiger partial charge on any atom is 0.251 e. The van der Waals surface area contributed by atoms with E-state index in [4.69, 9.17) is 5.11 Å². The Morgan fingerprint density at radius 2 is 2.18 bits per heavy atom. The van der Waals surface area contributed by atoms with Crippen LogP contribution in [0.15, 0.2) is 22.7 Å². The van der Waals surface area contributed by atoms with Crippen LogP contribution in [0.1, 0.15) is 24.2 Å². The first kappa shape index (κ1) is 14.1. The van der Waals surface area contributed by atoms with E-state index in [1.165, 1.54) is 18.2 Å². The fraction of sp³-hybridized carbons (Fsp3) is 0.417. The molecule has 2 N–H and O–H groups in total. The largest absolute Gasteiger partial charge is 0.396 e. The molecule has 2 atom stereocenters. The van der Waals surface area contributed by atoms with Crippen LogP contribution < -0.4 is 5.32 Å². The minimum Gasteiger partial charge on any atom is -0.396 e. The van der Waals surface area contributed by atoms with Gasteiger partial charge in [0.1, 0.15) is 5.82 Å². The van der Waals surface area contributed by atoms with Crippen molar-refractivity contribution in [3.63, 3.8) is 0 Å². The molecule has 0 aromatic heterocycles. The Kier molecular flexibility index (Phi) is 5.08. The molecule has 0 aliphatic heterocycles. The van der Waals surface area contributed by atoms with Crippen LogP contribution in [0.4, 0.5) is 4.39 Å². The van der Waals surface area contributed by atoms with E-state index in [0.717, 1.165) is 0 Å². The number of carbonyl (C=O) groups is 1. The first-order chi connectivity index (χ1) is 7.95. The summed E-state index contributed by atoms with van der Waals surface area (Å²) < 4.78 is 13.3. The summed E-state index contributed by atoms with van der Waals surface area (Å²) in [5.41, 5.74) is 0.385. The lowest BCUT2D eigenvalue weighted by Gasteiger charge is -2.19. The van der Waals surface area contributed by atoms with Crippen molar-refractivity contribution in [1.82, 2.24) is 5.32 Å². The molecule has 0 aliphatic rings. The van der Waals surface area contributed by atoms with Crippen LogP contribution in [0.3, 0.4) is 0 Å². The minimum absolute atomic E-state index is 0.00849. The van der Waals surface area contributed by atoms with Gasteiger partial charge in [0, 0.05) is 18.2 Å². The van der Waals surface area contributed by atoms with Crippen molar-refractivity contribution in [3.8, 4) is 0 Å². The highest BCUT2D eigenvalue weighted by molar-refractivity contribution is 9.10. The summed E-state index contributed by atoms with van der Waals surface area (Å²) in [6, 6.07) is 3.95. The Bertz CT molecular complexity index is 411. The van der Waals surface area contributed by atoms with Crippen LogP contribution in [-0.4, -0.2) is 23.7 Å². The van der Waals surface area contributed by atoms with Gasteiger partial charge in [-0.25, -0.2) is 4.39 Å². The van der Waals surface area contributed by atoms with Gasteiger partial charge in [-0.2, -0.15) is 0 Å². The molecule has 0 fully saturated rings. The predicted molar refractivity (Wildman–Crippen MR) is 67.3 cm³/mol. The zero-order chi connectivity index (χ0) is 13.0. The van der Waals surface area contributed by atoms with Crippen molar-refractivity contribution >= 4 is 21.8 Å². The molecule has 1 aromatic carbocycles. The number of halogens is 2. The monoisotopic (exact) mass is 303 g/mol. The third-order valence-electron chi connectivity index (χ3n) is 2.68. The van der Waals surface area contributed by atoms with E-state index in [1.807, 2.05) is 13.8 Å². The number of hydrogen-bond acceptors (Lipinski definition) is 2. The Balaban J connectivity index is 2.73. The molecular formula is C12H15BrFNO2. The summed E-state index contributed by atoms with van der Waals surface area (Å²) in [6.45, 7) is 3.66. The van der Waals surface area contributed by atoms with Crippen molar-refractivity contribution in [2.24, 2.45) is 5.92 Å². The molecule has 0 saturated carbocycles. The van der Waals surface area contributed by atoms with Crippen LogP contribution in [0, 0.1) is 11.7 Å². The lowest BCUT2D eigenvalue weighted by molar-refractivity contribution is 0.0916. The molecule has 2 unspecified atom stereocenters. The van der Waals surface area contributed by atoms with Gasteiger partial charge in [0.05, 0.1) is 4.47 Å². The third kappa shape index (κ3) is 3.78. The Labute approximate surface area is 108 Å². The standard InChI is InChI=1S/C12H15BrFNO2/c1-7(6-16)8(2)15-12(17)9-3-4-11(14)10(13)5-9/h3-5,7-8,16H,6H2,1-2H3,(H,15,17). The quantitative estimate of drug-likeness (QED) is 0.897. The lowest BCUT2D eigenvalue weighted by atomic mass is 10.0. The number of hydrogen-bond donors (Lipinski definition) is 2. The van der Waals surface area contributed by atoms with Crippen LogP contribution in [0.25, 0.3) is 0 Å². The Hall–Kier alpha value is -0.940. The van der Waals surface area contributed by atoms with Gasteiger partial charge in [-0.1, -0.05) is 6.92 Å². The molecule has 0 aliphatic carbocycles. The second-order valence-corrected chi connectivity index (χ2v) is 4.91. The van der Waals surface area contributed by atoms with E-state index in [9.17, 15) is 9.18 Å². The Morgan fingerprint density at radius 3 is 2.71 bits per heavy atom. The van der Waals surface area contributed by atoms with Crippen molar-refractivity contribution in [3.05, 3.63) is 34.1 Å². The first-order valence-corrected chi connectivity index (χ1v) is 6.11. The van der Waals surface area contributed by atoms with Crippen molar-refractivity contribution in [2.75, 3.05) is 6.61 Å². The van der Waals surface area contributed by atoms with Crippen molar-refractivity contribution in [2.45, 2.75) is 19.9 Å². The van der Waals surface area contributed by atoms with E-state index in [1.54, 1.807) is 0 Å². The second kappa shape index (κ2) is 6.12. The topological polar surface area (TPSA) is 49.3 Å². The van der Waals surface area contributed by atoms with Gasteiger partial charge in [-0.15, -0.1) is 0 Å². The smallest absolute Gasteiger partial charge is 0.251 e. The zero-order valence-corrected chi connectivity index (χ0v) is 11.3. The molecule has 17 heavy (non-hydrogen) atoms. The molecule has 5 heteroatoms. The number of carbonyl (C=O) groups excluding carboxylic acids is 1. The van der Waals surface area contributed by atoms with Gasteiger partial charge in [-0.3, -0.25) is 4.79 Å². The average Bonchev–Trinajstić information content (AvgIpc) is 2.31. The molecule has 0 bridgehead atoms. The number of aliphatic hydroxyl groups is 1. The summed E-state index contributed by atoms with van der Waals surface area (Å²) in [6.07, 6.45) is 0. The molecule has 3 nitrogen and oxygen atoms in total. The van der Waals surface area contributed by atoms with Crippen LogP contribution in [0.5, 0.6) is 0 Å². The summed E-state index contributed by atoms with van der Waals surface area (Å²) >= 11 is 3.03. The molecular weight excluding hydrogens is 289 g/mol. The molecule has 0 spiro atoms. The fourth-order valence-corrected chi connectivity index (χ4v) is 1.61. The molecule has 94 valence electrons. The summed E-state index contributed by atoms with van der Waals surface area (Å²) in [4.78, 5) is 11.8. The van der Waals surface area contributed by atoms with E-state index in [-0.39, 0.29) is 28.9 Å². The highest BCUT2D eigenvalue weighted by atomic mass is 79.9. The number of benzene rings is 1. The van der Waals surface area contributed by atoms with E-state index in [2.05, 4.69) is 21.2 Å². The molecule has 0 heterocycles. The SMILES string of the molecule is CC(CO)C(C)NC(=O)c1ccc(F)c(Br)c1. The number of rotatable bonds is 4.